The highest BCUT2D eigenvalue weighted by Gasteiger charge is 2.09. The zero-order valence-corrected chi connectivity index (χ0v) is 12.1. The molecule has 2 aromatic carbocycles. The second-order valence-corrected chi connectivity index (χ2v) is 6.51. The van der Waals surface area contributed by atoms with Gasteiger partial charge in [-0.25, -0.2) is 12.8 Å². The van der Waals surface area contributed by atoms with Crippen LogP contribution in [0.5, 0.6) is 0 Å². The SMILES string of the molecule is CS(=O)(=O)c1ccc(/C(=C\C#N)c2ccc(F)cc2)cc1. The van der Waals surface area contributed by atoms with Gasteiger partial charge in [-0.15, -0.1) is 0 Å². The lowest BCUT2D eigenvalue weighted by Gasteiger charge is -2.08. The van der Waals surface area contributed by atoms with Gasteiger partial charge < -0.3 is 0 Å². The molecule has 0 aliphatic heterocycles. The normalized spacial score (nSPS) is 12.0. The molecule has 21 heavy (non-hydrogen) atoms. The largest absolute Gasteiger partial charge is 0.224 e. The summed E-state index contributed by atoms with van der Waals surface area (Å²) in [7, 11) is -3.26. The van der Waals surface area contributed by atoms with Gasteiger partial charge in [0, 0.05) is 12.3 Å². The summed E-state index contributed by atoms with van der Waals surface area (Å²) in [4.78, 5) is 0.210. The molecule has 3 nitrogen and oxygen atoms in total. The topological polar surface area (TPSA) is 57.9 Å². The Labute approximate surface area is 122 Å². The van der Waals surface area contributed by atoms with Gasteiger partial charge in [0.1, 0.15) is 5.82 Å². The fourth-order valence-electron chi connectivity index (χ4n) is 1.91. The number of rotatable bonds is 3. The Morgan fingerprint density at radius 3 is 1.95 bits per heavy atom. The molecule has 2 rings (SSSR count). The van der Waals surface area contributed by atoms with Crippen LogP contribution in [0, 0.1) is 17.1 Å². The molecule has 0 spiro atoms. The summed E-state index contributed by atoms with van der Waals surface area (Å²) in [5.41, 5.74) is 1.98. The molecule has 0 saturated carbocycles. The molecule has 5 heteroatoms. The van der Waals surface area contributed by atoms with Crippen molar-refractivity contribution < 1.29 is 12.8 Å². The van der Waals surface area contributed by atoms with E-state index in [-0.39, 0.29) is 10.7 Å². The van der Waals surface area contributed by atoms with Crippen LogP contribution in [-0.4, -0.2) is 14.7 Å². The summed E-state index contributed by atoms with van der Waals surface area (Å²) in [5.74, 6) is -0.359. The molecule has 0 fully saturated rings. The molecule has 0 radical (unpaired) electrons. The van der Waals surface area contributed by atoms with Crippen LogP contribution in [0.4, 0.5) is 4.39 Å². The second-order valence-electron chi connectivity index (χ2n) is 4.49. The summed E-state index contributed by atoms with van der Waals surface area (Å²) < 4.78 is 35.8. The Morgan fingerprint density at radius 1 is 1.05 bits per heavy atom. The van der Waals surface area contributed by atoms with Crippen LogP contribution in [0.25, 0.3) is 5.57 Å². The molecule has 0 bridgehead atoms. The number of allylic oxidation sites excluding steroid dienone is 1. The van der Waals surface area contributed by atoms with Gasteiger partial charge in [-0.05, 0) is 41.0 Å². The first kappa shape index (κ1) is 14.9. The summed E-state index contributed by atoms with van der Waals surface area (Å²) >= 11 is 0. The van der Waals surface area contributed by atoms with E-state index in [1.165, 1.54) is 30.3 Å². The van der Waals surface area contributed by atoms with E-state index in [0.29, 0.717) is 16.7 Å². The average molecular weight is 301 g/mol. The monoisotopic (exact) mass is 301 g/mol. The maximum Gasteiger partial charge on any atom is 0.175 e. The van der Waals surface area contributed by atoms with Crippen molar-refractivity contribution in [3.63, 3.8) is 0 Å². The molecule has 0 aromatic heterocycles. The first-order valence-electron chi connectivity index (χ1n) is 6.08. The quantitative estimate of drug-likeness (QED) is 0.818. The zero-order chi connectivity index (χ0) is 15.5. The van der Waals surface area contributed by atoms with Crippen molar-refractivity contribution in [2.75, 3.05) is 6.26 Å². The van der Waals surface area contributed by atoms with Crippen molar-refractivity contribution in [1.29, 1.82) is 5.26 Å². The van der Waals surface area contributed by atoms with Gasteiger partial charge in [0.25, 0.3) is 0 Å². The van der Waals surface area contributed by atoms with E-state index in [1.54, 1.807) is 24.3 Å². The minimum Gasteiger partial charge on any atom is -0.224 e. The van der Waals surface area contributed by atoms with Crippen molar-refractivity contribution >= 4 is 15.4 Å². The Kier molecular flexibility index (Phi) is 4.20. The molecule has 0 atom stereocenters. The van der Waals surface area contributed by atoms with Crippen molar-refractivity contribution in [3.8, 4) is 6.07 Å². The van der Waals surface area contributed by atoms with Gasteiger partial charge in [-0.3, -0.25) is 0 Å². The number of nitriles is 1. The van der Waals surface area contributed by atoms with Crippen molar-refractivity contribution in [2.24, 2.45) is 0 Å². The van der Waals surface area contributed by atoms with Crippen LogP contribution in [0.1, 0.15) is 11.1 Å². The van der Waals surface area contributed by atoms with E-state index in [1.807, 2.05) is 6.07 Å². The third kappa shape index (κ3) is 3.56. The third-order valence-corrected chi connectivity index (χ3v) is 4.09. The number of hydrogen-bond acceptors (Lipinski definition) is 3. The Hall–Kier alpha value is -2.45. The second kappa shape index (κ2) is 5.90. The van der Waals surface area contributed by atoms with Crippen LogP contribution in [0.2, 0.25) is 0 Å². The third-order valence-electron chi connectivity index (χ3n) is 2.96. The summed E-state index contributed by atoms with van der Waals surface area (Å²) in [6, 6.07) is 13.9. The fourth-order valence-corrected chi connectivity index (χ4v) is 2.54. The Bertz CT molecular complexity index is 814. The van der Waals surface area contributed by atoms with Crippen LogP contribution < -0.4 is 0 Å². The van der Waals surface area contributed by atoms with E-state index in [2.05, 4.69) is 0 Å². The molecule has 0 aliphatic rings. The van der Waals surface area contributed by atoms with E-state index in [4.69, 9.17) is 5.26 Å². The average Bonchev–Trinajstić information content (AvgIpc) is 2.45. The molecule has 106 valence electrons. The van der Waals surface area contributed by atoms with Crippen molar-refractivity contribution in [1.82, 2.24) is 0 Å². The predicted molar refractivity (Wildman–Crippen MR) is 78.6 cm³/mol. The highest BCUT2D eigenvalue weighted by atomic mass is 32.2. The van der Waals surface area contributed by atoms with Gasteiger partial charge in [0.05, 0.1) is 11.0 Å². The molecule has 0 aliphatic carbocycles. The maximum absolute atomic E-state index is 13.0. The summed E-state index contributed by atoms with van der Waals surface area (Å²) in [6.45, 7) is 0. The molecular formula is C16H12FNO2S. The van der Waals surface area contributed by atoms with Crippen LogP contribution in [0.15, 0.2) is 59.5 Å². The maximum atomic E-state index is 13.0. The van der Waals surface area contributed by atoms with Crippen LogP contribution in [0.3, 0.4) is 0 Å². The fraction of sp³-hybridized carbons (Fsp3) is 0.0625. The van der Waals surface area contributed by atoms with Gasteiger partial charge >= 0.3 is 0 Å². The lowest BCUT2D eigenvalue weighted by Crippen LogP contribution is -1.97. The highest BCUT2D eigenvalue weighted by molar-refractivity contribution is 7.90. The first-order valence-corrected chi connectivity index (χ1v) is 7.97. The van der Waals surface area contributed by atoms with Crippen molar-refractivity contribution in [3.05, 3.63) is 71.6 Å². The highest BCUT2D eigenvalue weighted by Crippen LogP contribution is 2.24. The molecule has 2 aromatic rings. The Balaban J connectivity index is 2.48. The van der Waals surface area contributed by atoms with E-state index >= 15 is 0 Å². The Morgan fingerprint density at radius 2 is 1.52 bits per heavy atom. The minimum absolute atomic E-state index is 0.210. The molecule has 0 heterocycles. The van der Waals surface area contributed by atoms with Crippen LogP contribution >= 0.6 is 0 Å². The number of hydrogen-bond donors (Lipinski definition) is 0. The zero-order valence-electron chi connectivity index (χ0n) is 11.2. The van der Waals surface area contributed by atoms with Gasteiger partial charge in [-0.1, -0.05) is 24.3 Å². The van der Waals surface area contributed by atoms with Crippen LogP contribution in [-0.2, 0) is 9.84 Å². The lowest BCUT2D eigenvalue weighted by atomic mass is 9.98. The molecule has 0 N–H and O–H groups in total. The molecular weight excluding hydrogens is 289 g/mol. The number of halogens is 1. The summed E-state index contributed by atoms with van der Waals surface area (Å²) in [5, 5.41) is 8.90. The molecule has 0 unspecified atom stereocenters. The molecule has 0 amide bonds. The van der Waals surface area contributed by atoms with Gasteiger partial charge in [-0.2, -0.15) is 5.26 Å². The first-order chi connectivity index (χ1) is 9.91. The van der Waals surface area contributed by atoms with E-state index in [0.717, 1.165) is 6.26 Å². The van der Waals surface area contributed by atoms with E-state index in [9.17, 15) is 12.8 Å². The van der Waals surface area contributed by atoms with E-state index < -0.39 is 9.84 Å². The smallest absolute Gasteiger partial charge is 0.175 e. The van der Waals surface area contributed by atoms with Crippen molar-refractivity contribution in [2.45, 2.75) is 4.90 Å². The van der Waals surface area contributed by atoms with Gasteiger partial charge in [0.2, 0.25) is 0 Å². The number of sulfone groups is 1. The minimum atomic E-state index is -3.26. The predicted octanol–water partition coefficient (Wildman–Crippen LogP) is 3.18. The molecule has 0 saturated heterocycles. The van der Waals surface area contributed by atoms with Gasteiger partial charge in [0.15, 0.2) is 9.84 Å². The number of benzene rings is 2. The standard InChI is InChI=1S/C16H12FNO2S/c1-21(19,20)15-8-4-13(5-9-15)16(10-11-18)12-2-6-14(17)7-3-12/h2-10H,1H3/b16-10-. The number of nitrogens with zero attached hydrogens (tertiary/aromatic N) is 1. The summed E-state index contributed by atoms with van der Waals surface area (Å²) in [6.07, 6.45) is 2.48. The lowest BCUT2D eigenvalue weighted by molar-refractivity contribution is 0.602.